The van der Waals surface area contributed by atoms with Crippen LogP contribution in [0.15, 0.2) is 0 Å². The van der Waals surface area contributed by atoms with Gasteiger partial charge in [0.25, 0.3) is 0 Å². The molecule has 0 aromatic heterocycles. The highest BCUT2D eigenvalue weighted by atomic mass is 15.2. The summed E-state index contributed by atoms with van der Waals surface area (Å²) in [4.78, 5) is 2.83. The Labute approximate surface area is 126 Å². The number of nitrogens with one attached hydrogen (secondary N) is 1. The molecular formula is C18H36N2. The van der Waals surface area contributed by atoms with E-state index in [2.05, 4.69) is 31.1 Å². The SMILES string of the molecule is CNCCC1CCN(C2CCCC(C(C)C)CC2)CC1. The standard InChI is InChI=1S/C18H36N2/c1-15(2)17-5-4-6-18(8-7-17)20-13-10-16(11-14-20)9-12-19-3/h15-19H,4-14H2,1-3H3. The molecule has 1 aliphatic heterocycles. The van der Waals surface area contributed by atoms with Crippen molar-refractivity contribution in [2.75, 3.05) is 26.7 Å². The quantitative estimate of drug-likeness (QED) is 0.768. The van der Waals surface area contributed by atoms with Gasteiger partial charge in [-0.25, -0.2) is 0 Å². The van der Waals surface area contributed by atoms with E-state index in [0.29, 0.717) is 0 Å². The Morgan fingerprint density at radius 2 is 1.75 bits per heavy atom. The molecule has 1 saturated heterocycles. The first kappa shape index (κ1) is 16.3. The van der Waals surface area contributed by atoms with Crippen LogP contribution in [0.4, 0.5) is 0 Å². The highest BCUT2D eigenvalue weighted by molar-refractivity contribution is 4.82. The molecule has 2 aliphatic rings. The summed E-state index contributed by atoms with van der Waals surface area (Å²) >= 11 is 0. The molecule has 1 heterocycles. The van der Waals surface area contributed by atoms with Gasteiger partial charge in [-0.05, 0) is 83.0 Å². The maximum Gasteiger partial charge on any atom is 0.00953 e. The van der Waals surface area contributed by atoms with Crippen LogP contribution in [0.1, 0.15) is 65.2 Å². The van der Waals surface area contributed by atoms with Gasteiger partial charge in [0.15, 0.2) is 0 Å². The fourth-order valence-corrected chi connectivity index (χ4v) is 4.30. The van der Waals surface area contributed by atoms with Gasteiger partial charge in [-0.3, -0.25) is 0 Å². The fraction of sp³-hybridized carbons (Fsp3) is 1.00. The molecular weight excluding hydrogens is 244 g/mol. The summed E-state index contributed by atoms with van der Waals surface area (Å²) in [5.74, 6) is 2.86. The second-order valence-electron chi connectivity index (χ2n) is 7.54. The zero-order valence-electron chi connectivity index (χ0n) is 14.0. The van der Waals surface area contributed by atoms with Crippen LogP contribution in [0.3, 0.4) is 0 Å². The van der Waals surface area contributed by atoms with Gasteiger partial charge in [0.1, 0.15) is 0 Å². The maximum absolute atomic E-state index is 3.30. The Balaban J connectivity index is 1.73. The molecule has 20 heavy (non-hydrogen) atoms. The lowest BCUT2D eigenvalue weighted by atomic mass is 9.88. The highest BCUT2D eigenvalue weighted by Crippen LogP contribution is 2.32. The van der Waals surface area contributed by atoms with Gasteiger partial charge in [0, 0.05) is 6.04 Å². The number of hydrogen-bond donors (Lipinski definition) is 1. The van der Waals surface area contributed by atoms with Crippen molar-refractivity contribution < 1.29 is 0 Å². The van der Waals surface area contributed by atoms with Crippen LogP contribution in [-0.2, 0) is 0 Å². The topological polar surface area (TPSA) is 15.3 Å². The van der Waals surface area contributed by atoms with E-state index < -0.39 is 0 Å². The summed E-state index contributed by atoms with van der Waals surface area (Å²) in [7, 11) is 2.08. The number of nitrogens with zero attached hydrogens (tertiary/aromatic N) is 1. The summed E-state index contributed by atoms with van der Waals surface area (Å²) in [5.41, 5.74) is 0. The Kier molecular flexibility index (Phi) is 6.83. The molecule has 118 valence electrons. The molecule has 2 rings (SSSR count). The van der Waals surface area contributed by atoms with Crippen LogP contribution >= 0.6 is 0 Å². The third kappa shape index (κ3) is 4.73. The van der Waals surface area contributed by atoms with Gasteiger partial charge in [-0.1, -0.05) is 26.7 Å². The van der Waals surface area contributed by atoms with E-state index in [0.717, 1.165) is 23.8 Å². The Morgan fingerprint density at radius 3 is 2.40 bits per heavy atom. The summed E-state index contributed by atoms with van der Waals surface area (Å²) < 4.78 is 0. The summed E-state index contributed by atoms with van der Waals surface area (Å²) in [6.07, 6.45) is 11.6. The van der Waals surface area contributed by atoms with Crippen molar-refractivity contribution in [2.24, 2.45) is 17.8 Å². The fourth-order valence-electron chi connectivity index (χ4n) is 4.30. The third-order valence-electron chi connectivity index (χ3n) is 5.89. The van der Waals surface area contributed by atoms with Crippen molar-refractivity contribution in [3.63, 3.8) is 0 Å². The van der Waals surface area contributed by atoms with Crippen LogP contribution in [0, 0.1) is 17.8 Å². The highest BCUT2D eigenvalue weighted by Gasteiger charge is 2.27. The molecule has 2 heteroatoms. The van der Waals surface area contributed by atoms with Gasteiger partial charge in [-0.2, -0.15) is 0 Å². The minimum Gasteiger partial charge on any atom is -0.320 e. The van der Waals surface area contributed by atoms with Gasteiger partial charge < -0.3 is 10.2 Å². The summed E-state index contributed by atoms with van der Waals surface area (Å²) in [5, 5.41) is 3.30. The smallest absolute Gasteiger partial charge is 0.00953 e. The monoisotopic (exact) mass is 280 g/mol. The molecule has 0 aromatic carbocycles. The van der Waals surface area contributed by atoms with E-state index in [1.54, 1.807) is 0 Å². The van der Waals surface area contributed by atoms with Crippen LogP contribution < -0.4 is 5.32 Å². The van der Waals surface area contributed by atoms with Crippen LogP contribution in [0.25, 0.3) is 0 Å². The largest absolute Gasteiger partial charge is 0.320 e. The molecule has 0 bridgehead atoms. The Hall–Kier alpha value is -0.0800. The molecule has 1 aliphatic carbocycles. The minimum atomic E-state index is 0.890. The first-order chi connectivity index (χ1) is 9.70. The number of piperidine rings is 1. The predicted octanol–water partition coefficient (Wildman–Crippen LogP) is 3.91. The lowest BCUT2D eigenvalue weighted by Gasteiger charge is -2.37. The van der Waals surface area contributed by atoms with Crippen LogP contribution in [0.5, 0.6) is 0 Å². The molecule has 2 atom stereocenters. The van der Waals surface area contributed by atoms with E-state index in [-0.39, 0.29) is 0 Å². The van der Waals surface area contributed by atoms with E-state index in [4.69, 9.17) is 0 Å². The lowest BCUT2D eigenvalue weighted by Crippen LogP contribution is -2.41. The second kappa shape index (κ2) is 8.38. The number of hydrogen-bond acceptors (Lipinski definition) is 2. The third-order valence-corrected chi connectivity index (χ3v) is 5.89. The van der Waals surface area contributed by atoms with Gasteiger partial charge in [-0.15, -0.1) is 0 Å². The molecule has 2 fully saturated rings. The van der Waals surface area contributed by atoms with Crippen molar-refractivity contribution >= 4 is 0 Å². The zero-order valence-corrected chi connectivity index (χ0v) is 14.0. The average Bonchev–Trinajstić information content (AvgIpc) is 2.71. The number of rotatable bonds is 5. The molecule has 0 radical (unpaired) electrons. The van der Waals surface area contributed by atoms with E-state index in [9.17, 15) is 0 Å². The van der Waals surface area contributed by atoms with Crippen LogP contribution in [0.2, 0.25) is 0 Å². The maximum atomic E-state index is 3.30. The zero-order chi connectivity index (χ0) is 14.4. The average molecular weight is 280 g/mol. The van der Waals surface area contributed by atoms with E-state index >= 15 is 0 Å². The molecule has 0 aromatic rings. The molecule has 1 saturated carbocycles. The van der Waals surface area contributed by atoms with Gasteiger partial charge >= 0.3 is 0 Å². The summed E-state index contributed by atoms with van der Waals surface area (Å²) in [6.45, 7) is 8.76. The Morgan fingerprint density at radius 1 is 1.00 bits per heavy atom. The van der Waals surface area contributed by atoms with Crippen molar-refractivity contribution in [2.45, 2.75) is 71.3 Å². The van der Waals surface area contributed by atoms with Crippen molar-refractivity contribution in [1.82, 2.24) is 10.2 Å². The van der Waals surface area contributed by atoms with Crippen molar-refractivity contribution in [3.8, 4) is 0 Å². The van der Waals surface area contributed by atoms with Crippen molar-refractivity contribution in [1.29, 1.82) is 0 Å². The normalized spacial score (nSPS) is 30.6. The molecule has 2 nitrogen and oxygen atoms in total. The molecule has 2 unspecified atom stereocenters. The van der Waals surface area contributed by atoms with E-state index in [1.807, 2.05) is 0 Å². The predicted molar refractivity (Wildman–Crippen MR) is 88.0 cm³/mol. The van der Waals surface area contributed by atoms with Gasteiger partial charge in [0.05, 0.1) is 0 Å². The minimum absolute atomic E-state index is 0.890. The first-order valence-corrected chi connectivity index (χ1v) is 9.09. The number of likely N-dealkylation sites (tertiary alicyclic amines) is 1. The van der Waals surface area contributed by atoms with Crippen molar-refractivity contribution in [3.05, 3.63) is 0 Å². The van der Waals surface area contributed by atoms with E-state index in [1.165, 1.54) is 71.0 Å². The molecule has 0 amide bonds. The lowest BCUT2D eigenvalue weighted by molar-refractivity contribution is 0.117. The second-order valence-corrected chi connectivity index (χ2v) is 7.54. The Bertz CT molecular complexity index is 256. The van der Waals surface area contributed by atoms with Crippen LogP contribution in [-0.4, -0.2) is 37.6 Å². The van der Waals surface area contributed by atoms with Gasteiger partial charge in [0.2, 0.25) is 0 Å². The molecule has 1 N–H and O–H groups in total. The summed E-state index contributed by atoms with van der Waals surface area (Å²) in [6, 6.07) is 0.906. The molecule has 0 spiro atoms. The first-order valence-electron chi connectivity index (χ1n) is 9.09.